The molecule has 0 aromatic rings. The zero-order chi connectivity index (χ0) is 11.2. The van der Waals surface area contributed by atoms with Gasteiger partial charge in [-0.25, -0.2) is 0 Å². The zero-order valence-corrected chi connectivity index (χ0v) is 10.1. The molecule has 0 fully saturated rings. The molecule has 14 heavy (non-hydrogen) atoms. The largest absolute Gasteiger partial charge is 0.394 e. The van der Waals surface area contributed by atoms with Crippen molar-refractivity contribution in [2.75, 3.05) is 20.2 Å². The second-order valence-corrected chi connectivity index (χ2v) is 4.65. The van der Waals surface area contributed by atoms with Crippen molar-refractivity contribution < 1.29 is 5.11 Å². The van der Waals surface area contributed by atoms with Crippen LogP contribution in [-0.2, 0) is 0 Å². The highest BCUT2D eigenvalue weighted by molar-refractivity contribution is 4.77. The van der Waals surface area contributed by atoms with Crippen LogP contribution in [0, 0.1) is 0 Å². The third kappa shape index (κ3) is 5.58. The molecule has 0 spiro atoms. The first kappa shape index (κ1) is 13.9. The van der Waals surface area contributed by atoms with Crippen molar-refractivity contribution in [2.45, 2.75) is 51.6 Å². The van der Waals surface area contributed by atoms with Crippen LogP contribution in [0.3, 0.4) is 0 Å². The van der Waals surface area contributed by atoms with Gasteiger partial charge in [-0.3, -0.25) is 0 Å². The van der Waals surface area contributed by atoms with Crippen LogP contribution in [0.4, 0.5) is 0 Å². The lowest BCUT2D eigenvalue weighted by Gasteiger charge is -2.26. The summed E-state index contributed by atoms with van der Waals surface area (Å²) in [5, 5.41) is 8.98. The minimum absolute atomic E-state index is 0.0695. The summed E-state index contributed by atoms with van der Waals surface area (Å²) in [4.78, 5) is 2.34. The minimum Gasteiger partial charge on any atom is -0.394 e. The Morgan fingerprint density at radius 3 is 2.50 bits per heavy atom. The summed E-state index contributed by atoms with van der Waals surface area (Å²) >= 11 is 0. The van der Waals surface area contributed by atoms with Gasteiger partial charge in [-0.15, -0.1) is 0 Å². The Hall–Kier alpha value is -0.120. The molecule has 0 aliphatic carbocycles. The number of hydrogen-bond acceptors (Lipinski definition) is 3. The van der Waals surface area contributed by atoms with E-state index in [-0.39, 0.29) is 6.61 Å². The van der Waals surface area contributed by atoms with E-state index in [9.17, 15) is 0 Å². The van der Waals surface area contributed by atoms with Crippen LogP contribution in [0.25, 0.3) is 0 Å². The van der Waals surface area contributed by atoms with Gasteiger partial charge in [0.1, 0.15) is 0 Å². The molecule has 0 rings (SSSR count). The molecule has 2 atom stereocenters. The molecule has 3 N–H and O–H groups in total. The molecule has 0 aliphatic heterocycles. The van der Waals surface area contributed by atoms with E-state index in [1.807, 2.05) is 6.92 Å². The Morgan fingerprint density at radius 1 is 1.50 bits per heavy atom. The number of nitrogens with zero attached hydrogens (tertiary/aromatic N) is 1. The lowest BCUT2D eigenvalue weighted by atomic mass is 9.98. The van der Waals surface area contributed by atoms with E-state index in [1.165, 1.54) is 6.42 Å². The van der Waals surface area contributed by atoms with Gasteiger partial charge in [0.15, 0.2) is 0 Å². The molecular formula is C11H26N2O. The fourth-order valence-electron chi connectivity index (χ4n) is 1.34. The van der Waals surface area contributed by atoms with Crippen LogP contribution in [0.5, 0.6) is 0 Å². The van der Waals surface area contributed by atoms with Gasteiger partial charge < -0.3 is 15.7 Å². The number of rotatable bonds is 7. The number of hydrogen-bond donors (Lipinski definition) is 2. The second kappa shape index (κ2) is 6.38. The lowest BCUT2D eigenvalue weighted by molar-refractivity contribution is 0.185. The van der Waals surface area contributed by atoms with Crippen LogP contribution in [-0.4, -0.2) is 41.8 Å². The van der Waals surface area contributed by atoms with Gasteiger partial charge in [-0.05, 0) is 46.7 Å². The van der Waals surface area contributed by atoms with Crippen LogP contribution in [0.15, 0.2) is 0 Å². The monoisotopic (exact) mass is 202 g/mol. The van der Waals surface area contributed by atoms with Crippen molar-refractivity contribution in [3.05, 3.63) is 0 Å². The Bertz CT molecular complexity index is 148. The topological polar surface area (TPSA) is 49.5 Å². The van der Waals surface area contributed by atoms with Gasteiger partial charge in [0, 0.05) is 11.6 Å². The summed E-state index contributed by atoms with van der Waals surface area (Å²) < 4.78 is 0. The molecule has 0 saturated carbocycles. The Kier molecular flexibility index (Phi) is 6.33. The molecule has 0 radical (unpaired) electrons. The van der Waals surface area contributed by atoms with Crippen LogP contribution < -0.4 is 5.73 Å². The fourth-order valence-corrected chi connectivity index (χ4v) is 1.34. The molecule has 0 aromatic heterocycles. The highest BCUT2D eigenvalue weighted by atomic mass is 16.3. The van der Waals surface area contributed by atoms with E-state index < -0.39 is 5.54 Å². The summed E-state index contributed by atoms with van der Waals surface area (Å²) in [7, 11) is 2.14. The van der Waals surface area contributed by atoms with Crippen molar-refractivity contribution in [3.63, 3.8) is 0 Å². The Labute approximate surface area is 88.3 Å². The molecule has 3 heteroatoms. The molecule has 2 unspecified atom stereocenters. The summed E-state index contributed by atoms with van der Waals surface area (Å²) in [6.45, 7) is 7.45. The first-order chi connectivity index (χ1) is 6.43. The van der Waals surface area contributed by atoms with E-state index in [0.29, 0.717) is 6.04 Å². The highest BCUT2D eigenvalue weighted by Crippen LogP contribution is 2.09. The normalized spacial score (nSPS) is 18.2. The third-order valence-electron chi connectivity index (χ3n) is 2.96. The predicted molar refractivity (Wildman–Crippen MR) is 61.3 cm³/mol. The highest BCUT2D eigenvalue weighted by Gasteiger charge is 2.16. The molecule has 0 aromatic carbocycles. The number of aliphatic hydroxyl groups is 1. The number of nitrogens with two attached hydrogens (primary N) is 1. The summed E-state index contributed by atoms with van der Waals surface area (Å²) in [6, 6.07) is 0.633. The average molecular weight is 202 g/mol. The number of aliphatic hydroxyl groups excluding tert-OH is 1. The third-order valence-corrected chi connectivity index (χ3v) is 2.96. The molecule has 0 heterocycles. The average Bonchev–Trinajstić information content (AvgIpc) is 2.16. The van der Waals surface area contributed by atoms with Gasteiger partial charge in [0.25, 0.3) is 0 Å². The zero-order valence-electron chi connectivity index (χ0n) is 10.1. The summed E-state index contributed by atoms with van der Waals surface area (Å²) in [6.07, 6.45) is 3.11. The molecule has 3 nitrogen and oxygen atoms in total. The minimum atomic E-state index is -0.406. The standard InChI is InChI=1S/C11H26N2O/c1-5-10(2)13(4)8-6-7-11(3,12)9-14/h10,14H,5-9,12H2,1-4H3. The molecule has 0 amide bonds. The van der Waals surface area contributed by atoms with Gasteiger partial charge in [0.2, 0.25) is 0 Å². The first-order valence-electron chi connectivity index (χ1n) is 5.53. The van der Waals surface area contributed by atoms with Crippen molar-refractivity contribution in [1.82, 2.24) is 4.90 Å². The summed E-state index contributed by atoms with van der Waals surface area (Å²) in [5.74, 6) is 0. The maximum atomic E-state index is 8.98. The maximum absolute atomic E-state index is 8.98. The van der Waals surface area contributed by atoms with E-state index in [4.69, 9.17) is 10.8 Å². The summed E-state index contributed by atoms with van der Waals surface area (Å²) in [5.41, 5.74) is 5.44. The van der Waals surface area contributed by atoms with Gasteiger partial charge in [-0.1, -0.05) is 6.92 Å². The van der Waals surface area contributed by atoms with E-state index in [0.717, 1.165) is 19.4 Å². The van der Waals surface area contributed by atoms with Crippen molar-refractivity contribution in [1.29, 1.82) is 0 Å². The van der Waals surface area contributed by atoms with E-state index in [2.05, 4.69) is 25.8 Å². The lowest BCUT2D eigenvalue weighted by Crippen LogP contribution is -2.41. The smallest absolute Gasteiger partial charge is 0.0608 e. The molecule has 0 bridgehead atoms. The fraction of sp³-hybridized carbons (Fsp3) is 1.00. The van der Waals surface area contributed by atoms with Crippen molar-refractivity contribution in [3.8, 4) is 0 Å². The molecule has 0 aliphatic rings. The van der Waals surface area contributed by atoms with E-state index in [1.54, 1.807) is 0 Å². The van der Waals surface area contributed by atoms with Gasteiger partial charge in [-0.2, -0.15) is 0 Å². The quantitative estimate of drug-likeness (QED) is 0.652. The van der Waals surface area contributed by atoms with Crippen LogP contribution in [0.1, 0.15) is 40.0 Å². The Morgan fingerprint density at radius 2 is 2.07 bits per heavy atom. The second-order valence-electron chi connectivity index (χ2n) is 4.65. The van der Waals surface area contributed by atoms with Gasteiger partial charge in [0.05, 0.1) is 6.61 Å². The molecule has 86 valence electrons. The van der Waals surface area contributed by atoms with Crippen molar-refractivity contribution >= 4 is 0 Å². The van der Waals surface area contributed by atoms with Gasteiger partial charge >= 0.3 is 0 Å². The molecular weight excluding hydrogens is 176 g/mol. The van der Waals surface area contributed by atoms with Crippen molar-refractivity contribution in [2.24, 2.45) is 5.73 Å². The Balaban J connectivity index is 3.63. The predicted octanol–water partition coefficient (Wildman–Crippen LogP) is 1.21. The maximum Gasteiger partial charge on any atom is 0.0608 e. The van der Waals surface area contributed by atoms with Crippen LogP contribution in [0.2, 0.25) is 0 Å². The molecule has 0 saturated heterocycles. The SMILES string of the molecule is CCC(C)N(C)CCCC(C)(N)CO. The van der Waals surface area contributed by atoms with E-state index >= 15 is 0 Å². The first-order valence-corrected chi connectivity index (χ1v) is 5.53. The van der Waals surface area contributed by atoms with Crippen LogP contribution >= 0.6 is 0 Å².